The third kappa shape index (κ3) is 3.35. The second-order valence-corrected chi connectivity index (χ2v) is 6.94. The molecule has 4 heterocycles. The van der Waals surface area contributed by atoms with Gasteiger partial charge in [0.1, 0.15) is 11.3 Å². The molecule has 5 aromatic rings. The highest BCUT2D eigenvalue weighted by molar-refractivity contribution is 5.91. The van der Waals surface area contributed by atoms with E-state index in [0.29, 0.717) is 33.8 Å². The average molecular weight is 429 g/mol. The summed E-state index contributed by atoms with van der Waals surface area (Å²) >= 11 is 0. The van der Waals surface area contributed by atoms with E-state index in [1.807, 2.05) is 0 Å². The fourth-order valence-electron chi connectivity index (χ4n) is 3.43. The van der Waals surface area contributed by atoms with Crippen molar-refractivity contribution in [3.05, 3.63) is 84.4 Å². The number of aromatic carboxylic acids is 1. The Morgan fingerprint density at radius 2 is 1.66 bits per heavy atom. The first-order valence-corrected chi connectivity index (χ1v) is 9.45. The molecule has 156 valence electrons. The minimum atomic E-state index is -1.03. The molecule has 2 N–H and O–H groups in total. The summed E-state index contributed by atoms with van der Waals surface area (Å²) in [5, 5.41) is 9.08. The predicted molar refractivity (Wildman–Crippen MR) is 113 cm³/mol. The topological polar surface area (TPSA) is 105 Å². The fraction of sp³-hybridized carbons (Fsp3) is 0. The van der Waals surface area contributed by atoms with Crippen molar-refractivity contribution in [2.75, 3.05) is 0 Å². The third-order valence-corrected chi connectivity index (χ3v) is 4.93. The Hall–Kier alpha value is -4.53. The summed E-state index contributed by atoms with van der Waals surface area (Å²) in [6.07, 6.45) is 5.02. The zero-order valence-corrected chi connectivity index (χ0v) is 16.3. The van der Waals surface area contributed by atoms with Crippen molar-refractivity contribution in [1.82, 2.24) is 24.9 Å². The minimum absolute atomic E-state index is 0.146. The summed E-state index contributed by atoms with van der Waals surface area (Å²) in [6.45, 7) is 0. The van der Waals surface area contributed by atoms with Crippen LogP contribution in [0.1, 0.15) is 10.4 Å². The van der Waals surface area contributed by atoms with Gasteiger partial charge in [0.05, 0.1) is 29.2 Å². The number of H-pyrrole nitrogens is 1. The van der Waals surface area contributed by atoms with E-state index in [0.717, 1.165) is 12.4 Å². The number of carboxylic acid groups (broad SMARTS) is 1. The van der Waals surface area contributed by atoms with Crippen LogP contribution < -0.4 is 0 Å². The van der Waals surface area contributed by atoms with Gasteiger partial charge in [0, 0.05) is 29.1 Å². The molecule has 0 amide bonds. The lowest BCUT2D eigenvalue weighted by Crippen LogP contribution is -1.97. The molecule has 4 aromatic heterocycles. The van der Waals surface area contributed by atoms with Gasteiger partial charge >= 0.3 is 5.97 Å². The second-order valence-electron chi connectivity index (χ2n) is 6.94. The van der Waals surface area contributed by atoms with Crippen LogP contribution in [0.5, 0.6) is 0 Å². The molecule has 0 saturated heterocycles. The first kappa shape index (κ1) is 19.4. The number of rotatable bonds is 4. The molecule has 0 saturated carbocycles. The maximum absolute atomic E-state index is 14.6. The fourth-order valence-corrected chi connectivity index (χ4v) is 3.43. The van der Waals surface area contributed by atoms with Gasteiger partial charge in [-0.3, -0.25) is 9.97 Å². The number of hydrogen-bond donors (Lipinski definition) is 2. The van der Waals surface area contributed by atoms with Crippen molar-refractivity contribution in [1.29, 1.82) is 0 Å². The SMILES string of the molecule is O=C(O)c1ccc(-c2nc3cc(-c4c(F)cncc4F)c(-c4cccnc4)nc3[nH]2)cc1. The summed E-state index contributed by atoms with van der Waals surface area (Å²) in [5.74, 6) is -2.24. The molecule has 0 atom stereocenters. The molecule has 0 fully saturated rings. The molecule has 5 rings (SSSR count). The standard InChI is InChI=1S/C23H13F2N5O2/c24-16-10-27-11-17(25)19(16)15-8-18-22(29-20(15)14-2-1-7-26-9-14)30-21(28-18)12-3-5-13(6-4-12)23(31)32/h1-11H,(H,31,32)(H,28,29,30). The number of carbonyl (C=O) groups is 1. The highest BCUT2D eigenvalue weighted by Gasteiger charge is 2.20. The number of halogens is 2. The van der Waals surface area contributed by atoms with Crippen molar-refractivity contribution < 1.29 is 18.7 Å². The largest absolute Gasteiger partial charge is 0.478 e. The van der Waals surface area contributed by atoms with Crippen LogP contribution in [-0.2, 0) is 0 Å². The Labute approximate surface area is 179 Å². The summed E-state index contributed by atoms with van der Waals surface area (Å²) in [7, 11) is 0. The Morgan fingerprint density at radius 3 is 2.31 bits per heavy atom. The molecule has 1 aromatic carbocycles. The Balaban J connectivity index is 1.73. The monoisotopic (exact) mass is 429 g/mol. The third-order valence-electron chi connectivity index (χ3n) is 4.93. The van der Waals surface area contributed by atoms with Crippen molar-refractivity contribution in [3.8, 4) is 33.8 Å². The van der Waals surface area contributed by atoms with Crippen LogP contribution in [0.2, 0.25) is 0 Å². The molecular formula is C23H13F2N5O2. The van der Waals surface area contributed by atoms with Gasteiger partial charge in [-0.05, 0) is 30.3 Å². The smallest absolute Gasteiger partial charge is 0.335 e. The first-order valence-electron chi connectivity index (χ1n) is 9.45. The Kier molecular flexibility index (Phi) is 4.63. The van der Waals surface area contributed by atoms with E-state index < -0.39 is 17.6 Å². The molecule has 9 heteroatoms. The maximum Gasteiger partial charge on any atom is 0.335 e. The lowest BCUT2D eigenvalue weighted by molar-refractivity contribution is 0.0697. The number of aromatic nitrogens is 5. The molecule has 7 nitrogen and oxygen atoms in total. The summed E-state index contributed by atoms with van der Waals surface area (Å²) in [5.41, 5.74) is 2.42. The van der Waals surface area contributed by atoms with Crippen molar-refractivity contribution >= 4 is 17.1 Å². The molecule has 32 heavy (non-hydrogen) atoms. The lowest BCUT2D eigenvalue weighted by Gasteiger charge is -2.10. The van der Waals surface area contributed by atoms with Crippen molar-refractivity contribution in [2.24, 2.45) is 0 Å². The van der Waals surface area contributed by atoms with E-state index in [-0.39, 0.29) is 16.7 Å². The summed E-state index contributed by atoms with van der Waals surface area (Å²) in [6, 6.07) is 11.2. The first-order chi connectivity index (χ1) is 15.5. The van der Waals surface area contributed by atoms with E-state index in [1.54, 1.807) is 42.7 Å². The van der Waals surface area contributed by atoms with Crippen LogP contribution in [0.4, 0.5) is 8.78 Å². The average Bonchev–Trinajstić information content (AvgIpc) is 3.22. The molecule has 0 radical (unpaired) electrons. The van der Waals surface area contributed by atoms with Gasteiger partial charge in [-0.15, -0.1) is 0 Å². The van der Waals surface area contributed by atoms with Crippen LogP contribution >= 0.6 is 0 Å². The number of nitrogens with zero attached hydrogens (tertiary/aromatic N) is 4. The van der Waals surface area contributed by atoms with Gasteiger partial charge in [0.2, 0.25) is 0 Å². The number of pyridine rings is 3. The molecule has 0 aliphatic carbocycles. The molecular weight excluding hydrogens is 416 g/mol. The molecule has 0 bridgehead atoms. The number of nitrogens with one attached hydrogen (secondary N) is 1. The zero-order valence-electron chi connectivity index (χ0n) is 16.3. The molecule has 0 aliphatic heterocycles. The van der Waals surface area contributed by atoms with Crippen LogP contribution in [0.15, 0.2) is 67.3 Å². The molecule has 0 spiro atoms. The maximum atomic E-state index is 14.6. The number of carboxylic acids is 1. The summed E-state index contributed by atoms with van der Waals surface area (Å²) in [4.78, 5) is 30.9. The van der Waals surface area contributed by atoms with E-state index in [2.05, 4.69) is 24.9 Å². The van der Waals surface area contributed by atoms with Crippen LogP contribution in [0.25, 0.3) is 44.9 Å². The molecule has 0 unspecified atom stereocenters. The Morgan fingerprint density at radius 1 is 0.906 bits per heavy atom. The van der Waals surface area contributed by atoms with Gasteiger partial charge in [-0.25, -0.2) is 23.5 Å². The van der Waals surface area contributed by atoms with E-state index >= 15 is 0 Å². The predicted octanol–water partition coefficient (Wildman–Crippen LogP) is 4.73. The van der Waals surface area contributed by atoms with E-state index in [4.69, 9.17) is 5.11 Å². The number of benzene rings is 1. The van der Waals surface area contributed by atoms with E-state index in [1.165, 1.54) is 12.1 Å². The van der Waals surface area contributed by atoms with Crippen LogP contribution in [0.3, 0.4) is 0 Å². The zero-order chi connectivity index (χ0) is 22.2. The number of fused-ring (bicyclic) bond motifs is 1. The van der Waals surface area contributed by atoms with Gasteiger partial charge in [0.25, 0.3) is 0 Å². The lowest BCUT2D eigenvalue weighted by atomic mass is 10.00. The number of aromatic amines is 1. The van der Waals surface area contributed by atoms with Crippen LogP contribution in [0, 0.1) is 11.6 Å². The van der Waals surface area contributed by atoms with Gasteiger partial charge in [-0.2, -0.15) is 0 Å². The van der Waals surface area contributed by atoms with Gasteiger partial charge < -0.3 is 10.1 Å². The highest BCUT2D eigenvalue weighted by atomic mass is 19.1. The number of hydrogen-bond acceptors (Lipinski definition) is 5. The highest BCUT2D eigenvalue weighted by Crippen LogP contribution is 2.35. The molecule has 0 aliphatic rings. The quantitative estimate of drug-likeness (QED) is 0.428. The van der Waals surface area contributed by atoms with Crippen molar-refractivity contribution in [2.45, 2.75) is 0 Å². The van der Waals surface area contributed by atoms with Gasteiger partial charge in [-0.1, -0.05) is 12.1 Å². The second kappa shape index (κ2) is 7.62. The minimum Gasteiger partial charge on any atom is -0.478 e. The van der Waals surface area contributed by atoms with E-state index in [9.17, 15) is 13.6 Å². The van der Waals surface area contributed by atoms with Crippen molar-refractivity contribution in [3.63, 3.8) is 0 Å². The summed E-state index contributed by atoms with van der Waals surface area (Å²) < 4.78 is 29.2. The number of imidazole rings is 1. The Bertz CT molecular complexity index is 1450. The normalized spacial score (nSPS) is 11.1. The van der Waals surface area contributed by atoms with Gasteiger partial charge in [0.15, 0.2) is 17.3 Å². The van der Waals surface area contributed by atoms with Crippen LogP contribution in [-0.4, -0.2) is 36.0 Å².